The highest BCUT2D eigenvalue weighted by atomic mass is 32.2. The third-order valence-electron chi connectivity index (χ3n) is 6.32. The van der Waals surface area contributed by atoms with Crippen LogP contribution >= 0.6 is 0 Å². The minimum atomic E-state index is -3.90. The lowest BCUT2D eigenvalue weighted by molar-refractivity contribution is -0.132. The lowest BCUT2D eigenvalue weighted by atomic mass is 9.71. The largest absolute Gasteiger partial charge is 0.394 e. The molecule has 2 aliphatic rings. The number of nitrogens with zero attached hydrogens (tertiary/aromatic N) is 1. The Hall–Kier alpha value is -2.53. The van der Waals surface area contributed by atoms with Gasteiger partial charge < -0.3 is 15.1 Å². The number of aliphatic hydroxyl groups is 2. The molecule has 1 heterocycles. The SMILES string of the molecule is C[C@@](C[C@H]1CC(C2([C@@H](O)CO)C=CC(c3ccccc3)C=C2)=NO1)(C(=O)NO)S(C)(=O)=O. The Morgan fingerprint density at radius 3 is 2.47 bits per heavy atom. The van der Waals surface area contributed by atoms with Gasteiger partial charge in [-0.3, -0.25) is 10.0 Å². The van der Waals surface area contributed by atoms with Crippen molar-refractivity contribution in [1.29, 1.82) is 0 Å². The quantitative estimate of drug-likeness (QED) is 0.256. The Morgan fingerprint density at radius 2 is 1.94 bits per heavy atom. The molecule has 4 N–H and O–H groups in total. The number of hydrogen-bond donors (Lipinski definition) is 4. The van der Waals surface area contributed by atoms with Crippen LogP contribution in [0.25, 0.3) is 0 Å². The summed E-state index contributed by atoms with van der Waals surface area (Å²) < 4.78 is 22.6. The van der Waals surface area contributed by atoms with Crippen molar-refractivity contribution < 1.29 is 33.5 Å². The van der Waals surface area contributed by atoms with Crippen molar-refractivity contribution in [2.45, 2.75) is 42.6 Å². The van der Waals surface area contributed by atoms with E-state index in [0.717, 1.165) is 11.8 Å². The topological polar surface area (TPSA) is 146 Å². The second-order valence-electron chi connectivity index (χ2n) is 8.40. The number of benzene rings is 1. The van der Waals surface area contributed by atoms with Crippen molar-refractivity contribution >= 4 is 21.5 Å². The first-order valence-electron chi connectivity index (χ1n) is 10.2. The normalized spacial score (nSPS) is 27.8. The minimum Gasteiger partial charge on any atom is -0.394 e. The first kappa shape index (κ1) is 24.1. The second-order valence-corrected chi connectivity index (χ2v) is 10.8. The predicted molar refractivity (Wildman–Crippen MR) is 118 cm³/mol. The van der Waals surface area contributed by atoms with E-state index < -0.39 is 44.7 Å². The van der Waals surface area contributed by atoms with Crippen LogP contribution in [0.4, 0.5) is 0 Å². The number of rotatable bonds is 8. The van der Waals surface area contributed by atoms with Crippen molar-refractivity contribution in [3.8, 4) is 0 Å². The number of carbonyl (C=O) groups is 1. The fraction of sp³-hybridized carbons (Fsp3) is 0.455. The molecule has 1 aromatic rings. The summed E-state index contributed by atoms with van der Waals surface area (Å²) in [7, 11) is -3.90. The Labute approximate surface area is 187 Å². The average molecular weight is 465 g/mol. The van der Waals surface area contributed by atoms with Gasteiger partial charge in [-0.15, -0.1) is 0 Å². The average Bonchev–Trinajstić information content (AvgIpc) is 3.26. The van der Waals surface area contributed by atoms with Gasteiger partial charge >= 0.3 is 0 Å². The molecule has 1 aliphatic carbocycles. The monoisotopic (exact) mass is 464 g/mol. The molecule has 9 nitrogen and oxygen atoms in total. The van der Waals surface area contributed by atoms with Crippen LogP contribution in [0.1, 0.15) is 31.2 Å². The molecule has 1 amide bonds. The number of allylic oxidation sites excluding steroid dienone is 2. The highest BCUT2D eigenvalue weighted by Gasteiger charge is 2.49. The zero-order valence-electron chi connectivity index (χ0n) is 17.9. The van der Waals surface area contributed by atoms with E-state index in [-0.39, 0.29) is 18.8 Å². The number of nitrogens with one attached hydrogen (secondary N) is 1. The summed E-state index contributed by atoms with van der Waals surface area (Å²) in [6.45, 7) is 0.681. The maximum atomic E-state index is 12.3. The first-order valence-corrected chi connectivity index (χ1v) is 12.1. The van der Waals surface area contributed by atoms with E-state index in [2.05, 4.69) is 5.16 Å². The van der Waals surface area contributed by atoms with Gasteiger partial charge in [0.25, 0.3) is 5.91 Å². The van der Waals surface area contributed by atoms with E-state index in [0.29, 0.717) is 5.71 Å². The summed E-state index contributed by atoms with van der Waals surface area (Å²) in [6, 6.07) is 9.76. The third-order valence-corrected chi connectivity index (χ3v) is 8.31. The lowest BCUT2D eigenvalue weighted by Gasteiger charge is -2.34. The number of amides is 1. The fourth-order valence-electron chi connectivity index (χ4n) is 4.06. The summed E-state index contributed by atoms with van der Waals surface area (Å²) in [5.41, 5.74) is 1.75. The standard InChI is InChI=1S/C22H28N2O7S/c1-21(20(27)23-28,32(2,29)30)13-17-12-18(24-31-17)22(19(26)14-25)10-8-16(9-11-22)15-6-4-3-5-7-15/h3-11,16-17,19,25-26,28H,12-14H2,1-2H3,(H,23,27)/t16?,17-,19+,21-,22?/m1/s1. The number of aliphatic hydroxyl groups excluding tert-OH is 2. The lowest BCUT2D eigenvalue weighted by Crippen LogP contribution is -2.51. The first-order chi connectivity index (χ1) is 15.1. The van der Waals surface area contributed by atoms with E-state index in [9.17, 15) is 23.4 Å². The Balaban J connectivity index is 1.83. The number of hydrogen-bond acceptors (Lipinski definition) is 8. The highest BCUT2D eigenvalue weighted by Crippen LogP contribution is 2.40. The summed E-state index contributed by atoms with van der Waals surface area (Å²) in [5, 5.41) is 33.4. The van der Waals surface area contributed by atoms with Gasteiger partial charge in [-0.2, -0.15) is 0 Å². The van der Waals surface area contributed by atoms with Crippen molar-refractivity contribution in [2.24, 2.45) is 10.6 Å². The highest BCUT2D eigenvalue weighted by molar-refractivity contribution is 7.92. The molecule has 0 saturated heterocycles. The zero-order valence-corrected chi connectivity index (χ0v) is 18.7. The smallest absolute Gasteiger partial charge is 0.264 e. The van der Waals surface area contributed by atoms with Crippen LogP contribution in [0, 0.1) is 5.41 Å². The molecular formula is C22H28N2O7S. The van der Waals surface area contributed by atoms with Gasteiger partial charge in [-0.05, 0) is 12.5 Å². The number of carbonyl (C=O) groups excluding carboxylic acids is 1. The molecule has 0 radical (unpaired) electrons. The van der Waals surface area contributed by atoms with Crippen LogP contribution in [0.5, 0.6) is 0 Å². The van der Waals surface area contributed by atoms with Crippen molar-refractivity contribution in [2.75, 3.05) is 12.9 Å². The molecule has 0 aromatic heterocycles. The van der Waals surface area contributed by atoms with Gasteiger partial charge in [0.2, 0.25) is 0 Å². The van der Waals surface area contributed by atoms with Crippen molar-refractivity contribution in [3.63, 3.8) is 0 Å². The molecule has 0 saturated carbocycles. The van der Waals surface area contributed by atoms with Gasteiger partial charge in [-0.25, -0.2) is 13.9 Å². The molecule has 0 unspecified atom stereocenters. The van der Waals surface area contributed by atoms with Crippen LogP contribution < -0.4 is 5.48 Å². The summed E-state index contributed by atoms with van der Waals surface area (Å²) in [5.74, 6) is -1.08. The van der Waals surface area contributed by atoms with Crippen LogP contribution in [-0.4, -0.2) is 65.3 Å². The molecule has 174 valence electrons. The van der Waals surface area contributed by atoms with Gasteiger partial charge in [-0.1, -0.05) is 59.8 Å². The molecule has 1 aromatic carbocycles. The van der Waals surface area contributed by atoms with Crippen LogP contribution in [0.15, 0.2) is 59.8 Å². The maximum Gasteiger partial charge on any atom is 0.264 e. The van der Waals surface area contributed by atoms with Gasteiger partial charge in [0, 0.05) is 25.0 Å². The molecule has 0 bridgehead atoms. The van der Waals surface area contributed by atoms with Crippen molar-refractivity contribution in [1.82, 2.24) is 5.48 Å². The molecule has 32 heavy (non-hydrogen) atoms. The van der Waals surface area contributed by atoms with Crippen molar-refractivity contribution in [3.05, 3.63) is 60.2 Å². The Morgan fingerprint density at radius 1 is 1.31 bits per heavy atom. The number of oxime groups is 1. The molecule has 10 heteroatoms. The van der Waals surface area contributed by atoms with E-state index in [4.69, 9.17) is 10.0 Å². The van der Waals surface area contributed by atoms with E-state index in [1.165, 1.54) is 12.4 Å². The van der Waals surface area contributed by atoms with E-state index in [1.54, 1.807) is 12.2 Å². The van der Waals surface area contributed by atoms with Gasteiger partial charge in [0.15, 0.2) is 14.6 Å². The van der Waals surface area contributed by atoms with Crippen LogP contribution in [0.2, 0.25) is 0 Å². The Bertz CT molecular complexity index is 1020. The zero-order chi connectivity index (χ0) is 23.6. The summed E-state index contributed by atoms with van der Waals surface area (Å²) in [6.07, 6.45) is 6.16. The number of hydroxylamine groups is 1. The second kappa shape index (κ2) is 9.14. The van der Waals surface area contributed by atoms with Crippen LogP contribution in [-0.2, 0) is 19.5 Å². The van der Waals surface area contributed by atoms with Gasteiger partial charge in [0.1, 0.15) is 6.10 Å². The molecular weight excluding hydrogens is 436 g/mol. The molecule has 3 atom stereocenters. The minimum absolute atomic E-state index is 0.0179. The summed E-state index contributed by atoms with van der Waals surface area (Å²) >= 11 is 0. The fourth-order valence-corrected chi connectivity index (χ4v) is 4.93. The number of sulfone groups is 1. The molecule has 3 rings (SSSR count). The molecule has 0 fully saturated rings. The summed E-state index contributed by atoms with van der Waals surface area (Å²) in [4.78, 5) is 17.5. The maximum absolute atomic E-state index is 12.3. The van der Waals surface area contributed by atoms with E-state index in [1.807, 2.05) is 42.5 Å². The molecule has 0 spiro atoms. The van der Waals surface area contributed by atoms with Crippen LogP contribution in [0.3, 0.4) is 0 Å². The van der Waals surface area contributed by atoms with Gasteiger partial charge in [0.05, 0.1) is 23.8 Å². The predicted octanol–water partition coefficient (Wildman–Crippen LogP) is 1.08. The van der Waals surface area contributed by atoms with E-state index >= 15 is 0 Å². The Kier molecular flexibility index (Phi) is 6.89. The molecule has 1 aliphatic heterocycles. The third kappa shape index (κ3) is 4.36.